The summed E-state index contributed by atoms with van der Waals surface area (Å²) >= 11 is 5.32. The van der Waals surface area contributed by atoms with Gasteiger partial charge in [0.2, 0.25) is 0 Å². The molecule has 0 unspecified atom stereocenters. The molecular weight excluding hydrogens is 380 g/mol. The third-order valence-corrected chi connectivity index (χ3v) is 6.00. The van der Waals surface area contributed by atoms with Gasteiger partial charge in [-0.2, -0.15) is 0 Å². The molecule has 0 radical (unpaired) electrons. The van der Waals surface area contributed by atoms with Crippen LogP contribution in [0.25, 0.3) is 33.3 Å². The number of benzene rings is 3. The van der Waals surface area contributed by atoms with Gasteiger partial charge in [-0.3, -0.25) is 0 Å². The summed E-state index contributed by atoms with van der Waals surface area (Å²) in [5.74, 6) is 0. The molecule has 5 rings (SSSR count). The normalized spacial score (nSPS) is 12.2. The lowest BCUT2D eigenvalue weighted by atomic mass is 9.99. The summed E-state index contributed by atoms with van der Waals surface area (Å²) in [6.07, 6.45) is 1.66. The van der Waals surface area contributed by atoms with E-state index < -0.39 is 0 Å². The molecule has 1 aliphatic heterocycles. The molecule has 0 saturated carbocycles. The second kappa shape index (κ2) is 5.43. The van der Waals surface area contributed by atoms with E-state index in [0.717, 1.165) is 21.1 Å². The van der Waals surface area contributed by atoms with Crippen LogP contribution in [0, 0.1) is 0 Å². The fourth-order valence-corrected chi connectivity index (χ4v) is 4.65. The zero-order valence-corrected chi connectivity index (χ0v) is 14.9. The predicted octanol–water partition coefficient (Wildman–Crippen LogP) is 6.19. The summed E-state index contributed by atoms with van der Waals surface area (Å²) in [6, 6.07) is 21.2. The molecule has 0 N–H and O–H groups in total. The van der Waals surface area contributed by atoms with E-state index in [2.05, 4.69) is 86.6 Å². The maximum absolute atomic E-state index is 4.60. The second-order valence-corrected chi connectivity index (χ2v) is 7.63. The number of aromatic nitrogens is 2. The molecule has 1 aromatic heterocycles. The minimum atomic E-state index is 0.998. The Morgan fingerprint density at radius 2 is 1.62 bits per heavy atom. The van der Waals surface area contributed by atoms with Gasteiger partial charge in [0.25, 0.3) is 0 Å². The summed E-state index contributed by atoms with van der Waals surface area (Å²) in [7, 11) is 0. The third kappa shape index (κ3) is 2.10. The van der Waals surface area contributed by atoms with E-state index in [9.17, 15) is 0 Å². The summed E-state index contributed by atoms with van der Waals surface area (Å²) in [6.45, 7) is 0. The Morgan fingerprint density at radius 3 is 2.50 bits per heavy atom. The van der Waals surface area contributed by atoms with E-state index in [1.807, 2.05) is 11.8 Å². The van der Waals surface area contributed by atoms with Crippen molar-refractivity contribution in [3.63, 3.8) is 0 Å². The second-order valence-electron chi connectivity index (χ2n) is 5.66. The van der Waals surface area contributed by atoms with Crippen LogP contribution in [-0.4, -0.2) is 9.97 Å². The summed E-state index contributed by atoms with van der Waals surface area (Å²) < 4.78 is 1.09. The molecule has 2 heterocycles. The highest BCUT2D eigenvalue weighted by molar-refractivity contribution is 9.10. The largest absolute Gasteiger partial charge is 0.236 e. The van der Waals surface area contributed by atoms with Crippen LogP contribution >= 0.6 is 27.7 Å². The van der Waals surface area contributed by atoms with Crippen molar-refractivity contribution in [2.24, 2.45) is 0 Å². The Hall–Kier alpha value is -2.17. The van der Waals surface area contributed by atoms with E-state index in [1.54, 1.807) is 6.33 Å². The molecule has 0 aliphatic carbocycles. The molecule has 114 valence electrons. The van der Waals surface area contributed by atoms with Crippen molar-refractivity contribution in [3.05, 3.63) is 71.5 Å². The van der Waals surface area contributed by atoms with Crippen LogP contribution in [0.1, 0.15) is 0 Å². The van der Waals surface area contributed by atoms with E-state index in [4.69, 9.17) is 0 Å². The van der Waals surface area contributed by atoms with E-state index >= 15 is 0 Å². The highest BCUT2D eigenvalue weighted by Gasteiger charge is 2.23. The average Bonchev–Trinajstić information content (AvgIpc) is 2.63. The smallest absolute Gasteiger partial charge is 0.116 e. The van der Waals surface area contributed by atoms with Gasteiger partial charge in [-0.15, -0.1) is 0 Å². The van der Waals surface area contributed by atoms with Crippen molar-refractivity contribution in [1.29, 1.82) is 0 Å². The van der Waals surface area contributed by atoms with Crippen LogP contribution in [0.3, 0.4) is 0 Å². The molecule has 0 fully saturated rings. The van der Waals surface area contributed by atoms with Crippen molar-refractivity contribution >= 4 is 38.6 Å². The molecule has 4 aromatic rings. The Morgan fingerprint density at radius 1 is 0.792 bits per heavy atom. The van der Waals surface area contributed by atoms with Crippen molar-refractivity contribution < 1.29 is 0 Å². The molecule has 3 aromatic carbocycles. The van der Waals surface area contributed by atoms with Crippen LogP contribution < -0.4 is 0 Å². The molecule has 0 bridgehead atoms. The fourth-order valence-electron chi connectivity index (χ4n) is 3.15. The van der Waals surface area contributed by atoms with Gasteiger partial charge in [0, 0.05) is 25.2 Å². The molecular formula is C20H11BrN2S. The van der Waals surface area contributed by atoms with Crippen molar-refractivity contribution in [2.45, 2.75) is 9.79 Å². The minimum Gasteiger partial charge on any atom is -0.236 e. The van der Waals surface area contributed by atoms with Crippen LogP contribution in [0.4, 0.5) is 0 Å². The van der Waals surface area contributed by atoms with Gasteiger partial charge >= 0.3 is 0 Å². The summed E-state index contributed by atoms with van der Waals surface area (Å²) in [5.41, 5.74) is 5.65. The molecule has 0 spiro atoms. The lowest BCUT2D eigenvalue weighted by Crippen LogP contribution is -1.98. The molecule has 0 atom stereocenters. The van der Waals surface area contributed by atoms with Gasteiger partial charge in [0.15, 0.2) is 0 Å². The first-order chi connectivity index (χ1) is 11.8. The van der Waals surface area contributed by atoms with Gasteiger partial charge < -0.3 is 0 Å². The highest BCUT2D eigenvalue weighted by atomic mass is 79.9. The van der Waals surface area contributed by atoms with Crippen LogP contribution in [0.2, 0.25) is 0 Å². The van der Waals surface area contributed by atoms with E-state index in [1.165, 1.54) is 26.5 Å². The lowest BCUT2D eigenvalue weighted by Gasteiger charge is -2.21. The maximum atomic E-state index is 4.60. The van der Waals surface area contributed by atoms with Gasteiger partial charge in [-0.25, -0.2) is 9.97 Å². The predicted molar refractivity (Wildman–Crippen MR) is 102 cm³/mol. The standard InChI is InChI=1S/C20H11BrN2S/c21-13-7-5-12(6-8-13)14-9-10-16-18-19(23-11-22-16)15-3-1-2-4-17(15)24-20(14)18/h1-11H. The third-order valence-electron chi connectivity index (χ3n) is 4.27. The average molecular weight is 391 g/mol. The van der Waals surface area contributed by atoms with Crippen LogP contribution in [-0.2, 0) is 0 Å². The van der Waals surface area contributed by atoms with Gasteiger partial charge in [-0.05, 0) is 35.4 Å². The van der Waals surface area contributed by atoms with Gasteiger partial charge in [0.1, 0.15) is 6.33 Å². The Labute approximate surface area is 152 Å². The molecule has 0 amide bonds. The first-order valence-corrected chi connectivity index (χ1v) is 9.23. The topological polar surface area (TPSA) is 25.8 Å². The molecule has 0 saturated heterocycles. The number of nitrogens with zero attached hydrogens (tertiary/aromatic N) is 2. The zero-order chi connectivity index (χ0) is 16.1. The lowest BCUT2D eigenvalue weighted by molar-refractivity contribution is 1.19. The number of hydrogen-bond acceptors (Lipinski definition) is 3. The zero-order valence-electron chi connectivity index (χ0n) is 12.5. The highest BCUT2D eigenvalue weighted by Crippen LogP contribution is 2.49. The quantitative estimate of drug-likeness (QED) is 0.341. The Balaban J connectivity index is 1.86. The van der Waals surface area contributed by atoms with Crippen molar-refractivity contribution in [2.75, 3.05) is 0 Å². The number of halogens is 1. The molecule has 24 heavy (non-hydrogen) atoms. The van der Waals surface area contributed by atoms with E-state index in [0.29, 0.717) is 0 Å². The first kappa shape index (κ1) is 14.2. The SMILES string of the molecule is Brc1ccc(-c2ccc3ncnc4c3c2Sc2ccccc2-4)cc1. The monoisotopic (exact) mass is 390 g/mol. The molecule has 1 aliphatic rings. The van der Waals surface area contributed by atoms with Gasteiger partial charge in [-0.1, -0.05) is 64.1 Å². The number of fused-ring (bicyclic) bond motifs is 2. The van der Waals surface area contributed by atoms with E-state index in [-0.39, 0.29) is 0 Å². The number of hydrogen-bond donors (Lipinski definition) is 0. The van der Waals surface area contributed by atoms with Crippen molar-refractivity contribution in [3.8, 4) is 22.4 Å². The van der Waals surface area contributed by atoms with Gasteiger partial charge in [0.05, 0.1) is 11.2 Å². The minimum absolute atomic E-state index is 0.998. The summed E-state index contributed by atoms with van der Waals surface area (Å²) in [5, 5.41) is 1.15. The fraction of sp³-hybridized carbons (Fsp3) is 0. The van der Waals surface area contributed by atoms with Crippen LogP contribution in [0.15, 0.2) is 81.3 Å². The number of rotatable bonds is 1. The molecule has 4 heteroatoms. The van der Waals surface area contributed by atoms with Crippen LogP contribution in [0.5, 0.6) is 0 Å². The summed E-state index contributed by atoms with van der Waals surface area (Å²) in [4.78, 5) is 11.6. The van der Waals surface area contributed by atoms with Crippen molar-refractivity contribution in [1.82, 2.24) is 9.97 Å². The maximum Gasteiger partial charge on any atom is 0.116 e. The Kier molecular flexibility index (Phi) is 3.21. The first-order valence-electron chi connectivity index (χ1n) is 7.62. The molecule has 2 nitrogen and oxygen atoms in total. The Bertz CT molecular complexity index is 1090.